The van der Waals surface area contributed by atoms with Gasteiger partial charge in [-0.1, -0.05) is 48.5 Å². The largest absolute Gasteiger partial charge is 0.507 e. The summed E-state index contributed by atoms with van der Waals surface area (Å²) in [5.74, 6) is 0.979. The first-order valence-corrected chi connectivity index (χ1v) is 9.72. The molecule has 3 aromatic carbocycles. The number of methoxy groups -OCH3 is 1. The van der Waals surface area contributed by atoms with Crippen LogP contribution in [0.4, 0.5) is 5.69 Å². The van der Waals surface area contributed by atoms with E-state index >= 15 is 0 Å². The van der Waals surface area contributed by atoms with Crippen LogP contribution in [0, 0.1) is 0 Å². The summed E-state index contributed by atoms with van der Waals surface area (Å²) >= 11 is 5.69. The van der Waals surface area contributed by atoms with Crippen molar-refractivity contribution >= 4 is 28.7 Å². The highest BCUT2D eigenvalue weighted by molar-refractivity contribution is 7.80. The van der Waals surface area contributed by atoms with Gasteiger partial charge in [-0.05, 0) is 42.5 Å². The van der Waals surface area contributed by atoms with Crippen molar-refractivity contribution in [1.29, 1.82) is 0 Å². The second-order valence-corrected chi connectivity index (χ2v) is 7.05. The molecule has 0 aromatic heterocycles. The number of benzene rings is 3. The molecule has 1 aliphatic rings. The molecule has 3 aromatic rings. The maximum Gasteiger partial charge on any atom is 0.194 e. The first kappa shape index (κ1) is 19.0. The number of hydrogen-bond donors (Lipinski definition) is 2. The van der Waals surface area contributed by atoms with Crippen LogP contribution in [-0.2, 0) is 0 Å². The minimum Gasteiger partial charge on any atom is -0.507 e. The van der Waals surface area contributed by atoms with Gasteiger partial charge in [0.25, 0.3) is 0 Å². The molecule has 2 N–H and O–H groups in total. The van der Waals surface area contributed by atoms with E-state index in [2.05, 4.69) is 5.32 Å². The Hall–Kier alpha value is -3.38. The van der Waals surface area contributed by atoms with Gasteiger partial charge in [0.15, 0.2) is 5.11 Å². The molecule has 0 fully saturated rings. The number of para-hydroxylation sites is 3. The number of ether oxygens (including phenoxy) is 1. The lowest BCUT2D eigenvalue weighted by Crippen LogP contribution is -2.31. The van der Waals surface area contributed by atoms with Crippen molar-refractivity contribution in [2.24, 2.45) is 5.10 Å². The Balaban J connectivity index is 1.71. The summed E-state index contributed by atoms with van der Waals surface area (Å²) in [6.45, 7) is 0. The zero-order valence-electron chi connectivity index (χ0n) is 15.9. The summed E-state index contributed by atoms with van der Waals surface area (Å²) in [5, 5.41) is 20.6. The lowest BCUT2D eigenvalue weighted by atomic mass is 9.97. The molecule has 1 heterocycles. The fourth-order valence-corrected chi connectivity index (χ4v) is 3.75. The van der Waals surface area contributed by atoms with E-state index in [1.165, 1.54) is 0 Å². The van der Waals surface area contributed by atoms with Crippen molar-refractivity contribution in [3.8, 4) is 11.5 Å². The quantitative estimate of drug-likeness (QED) is 0.604. The molecule has 0 saturated heterocycles. The van der Waals surface area contributed by atoms with Gasteiger partial charge in [0, 0.05) is 23.2 Å². The minimum absolute atomic E-state index is 0.149. The number of hydrazone groups is 1. The van der Waals surface area contributed by atoms with Crippen molar-refractivity contribution in [3.05, 3.63) is 90.0 Å². The molecule has 0 amide bonds. The Bertz CT molecular complexity index is 1050. The van der Waals surface area contributed by atoms with Gasteiger partial charge in [-0.15, -0.1) is 0 Å². The average Bonchev–Trinajstić information content (AvgIpc) is 3.20. The fraction of sp³-hybridized carbons (Fsp3) is 0.130. The van der Waals surface area contributed by atoms with Crippen LogP contribution in [0.5, 0.6) is 11.5 Å². The number of nitrogens with zero attached hydrogens (tertiary/aromatic N) is 2. The van der Waals surface area contributed by atoms with Crippen molar-refractivity contribution in [1.82, 2.24) is 5.01 Å². The molecule has 6 heteroatoms. The Morgan fingerprint density at radius 3 is 2.48 bits per heavy atom. The number of thiocarbonyl (C=S) groups is 1. The van der Waals surface area contributed by atoms with Crippen molar-refractivity contribution in [2.75, 3.05) is 12.4 Å². The van der Waals surface area contributed by atoms with Crippen molar-refractivity contribution in [3.63, 3.8) is 0 Å². The second kappa shape index (κ2) is 8.32. The summed E-state index contributed by atoms with van der Waals surface area (Å²) in [5.41, 5.74) is 3.36. The van der Waals surface area contributed by atoms with Crippen molar-refractivity contribution < 1.29 is 9.84 Å². The number of phenols is 1. The first-order valence-electron chi connectivity index (χ1n) is 9.31. The summed E-state index contributed by atoms with van der Waals surface area (Å²) in [6.07, 6.45) is 0.592. The molecule has 0 spiro atoms. The number of phenolic OH excluding ortho intramolecular Hbond substituents is 1. The van der Waals surface area contributed by atoms with E-state index in [1.54, 1.807) is 24.3 Å². The SMILES string of the molecule is COc1ccccc1[C@@H]1CC(c2ccccc2O)=NN1C(=S)Nc1ccccc1. The van der Waals surface area contributed by atoms with Gasteiger partial charge in [-0.25, -0.2) is 5.01 Å². The Morgan fingerprint density at radius 1 is 1.03 bits per heavy atom. The van der Waals surface area contributed by atoms with E-state index < -0.39 is 0 Å². The highest BCUT2D eigenvalue weighted by atomic mass is 32.1. The molecule has 29 heavy (non-hydrogen) atoms. The third-order valence-corrected chi connectivity index (χ3v) is 5.15. The smallest absolute Gasteiger partial charge is 0.194 e. The van der Waals surface area contributed by atoms with Gasteiger partial charge < -0.3 is 15.2 Å². The molecular weight excluding hydrogens is 382 g/mol. The Labute approximate surface area is 175 Å². The second-order valence-electron chi connectivity index (χ2n) is 6.67. The van der Waals surface area contributed by atoms with E-state index in [0.717, 1.165) is 22.7 Å². The first-order chi connectivity index (χ1) is 14.2. The van der Waals surface area contributed by atoms with Crippen LogP contribution >= 0.6 is 12.2 Å². The van der Waals surface area contributed by atoms with Gasteiger partial charge in [-0.2, -0.15) is 5.10 Å². The van der Waals surface area contributed by atoms with Gasteiger partial charge in [0.1, 0.15) is 11.5 Å². The lowest BCUT2D eigenvalue weighted by Gasteiger charge is -2.26. The van der Waals surface area contributed by atoms with Gasteiger partial charge in [0.2, 0.25) is 0 Å². The Morgan fingerprint density at radius 2 is 1.72 bits per heavy atom. The molecule has 0 aliphatic carbocycles. The van der Waals surface area contributed by atoms with Crippen LogP contribution in [0.3, 0.4) is 0 Å². The van der Waals surface area contributed by atoms with E-state index in [0.29, 0.717) is 17.1 Å². The van der Waals surface area contributed by atoms with E-state index in [-0.39, 0.29) is 11.8 Å². The molecule has 1 aliphatic heterocycles. The number of rotatable bonds is 4. The number of nitrogens with one attached hydrogen (secondary N) is 1. The molecular formula is C23H21N3O2S. The van der Waals surface area contributed by atoms with Crippen LogP contribution in [0.2, 0.25) is 0 Å². The molecule has 0 saturated carbocycles. The van der Waals surface area contributed by atoms with Crippen molar-refractivity contribution in [2.45, 2.75) is 12.5 Å². The lowest BCUT2D eigenvalue weighted by molar-refractivity contribution is 0.350. The number of aromatic hydroxyl groups is 1. The average molecular weight is 404 g/mol. The highest BCUT2D eigenvalue weighted by Gasteiger charge is 2.34. The number of hydrogen-bond acceptors (Lipinski definition) is 4. The van der Waals surface area contributed by atoms with Crippen LogP contribution in [0.15, 0.2) is 84.0 Å². The van der Waals surface area contributed by atoms with Crippen LogP contribution in [-0.4, -0.2) is 28.0 Å². The number of anilines is 1. The van der Waals surface area contributed by atoms with E-state index in [1.807, 2.05) is 66.7 Å². The Kier molecular flexibility index (Phi) is 5.44. The van der Waals surface area contributed by atoms with E-state index in [4.69, 9.17) is 22.1 Å². The summed E-state index contributed by atoms with van der Waals surface area (Å²) in [7, 11) is 1.66. The molecule has 0 unspecified atom stereocenters. The minimum atomic E-state index is -0.149. The molecule has 0 bridgehead atoms. The highest BCUT2D eigenvalue weighted by Crippen LogP contribution is 2.38. The standard InChI is InChI=1S/C23H21N3O2S/c1-28-22-14-8-6-12-18(22)20-15-19(17-11-5-7-13-21(17)27)25-26(20)23(29)24-16-9-3-2-4-10-16/h2-14,20,27H,15H2,1H3,(H,24,29)/t20-/m0/s1. The van der Waals surface area contributed by atoms with Gasteiger partial charge in [-0.3, -0.25) is 0 Å². The molecule has 0 radical (unpaired) electrons. The molecule has 4 rings (SSSR count). The topological polar surface area (TPSA) is 57.1 Å². The van der Waals surface area contributed by atoms with Crippen LogP contribution in [0.25, 0.3) is 0 Å². The summed E-state index contributed by atoms with van der Waals surface area (Å²) in [4.78, 5) is 0. The van der Waals surface area contributed by atoms with E-state index in [9.17, 15) is 5.11 Å². The zero-order valence-corrected chi connectivity index (χ0v) is 16.8. The van der Waals surface area contributed by atoms with Crippen LogP contribution in [0.1, 0.15) is 23.6 Å². The van der Waals surface area contributed by atoms with Crippen LogP contribution < -0.4 is 10.1 Å². The third kappa shape index (κ3) is 3.93. The maximum atomic E-state index is 10.3. The summed E-state index contributed by atoms with van der Waals surface area (Å²) < 4.78 is 5.58. The fourth-order valence-electron chi connectivity index (χ4n) is 3.46. The maximum absolute atomic E-state index is 10.3. The predicted octanol–water partition coefficient (Wildman–Crippen LogP) is 4.95. The van der Waals surface area contributed by atoms with Gasteiger partial charge in [0.05, 0.1) is 18.9 Å². The monoisotopic (exact) mass is 403 g/mol. The third-order valence-electron chi connectivity index (χ3n) is 4.86. The molecule has 5 nitrogen and oxygen atoms in total. The predicted molar refractivity (Wildman–Crippen MR) is 119 cm³/mol. The summed E-state index contributed by atoms with van der Waals surface area (Å²) in [6, 6.07) is 24.7. The zero-order chi connectivity index (χ0) is 20.2. The normalized spacial score (nSPS) is 15.7. The van der Waals surface area contributed by atoms with Gasteiger partial charge >= 0.3 is 0 Å². The molecule has 146 valence electrons. The molecule has 1 atom stereocenters.